The third kappa shape index (κ3) is 3.30. The molecule has 0 bridgehead atoms. The SMILES string of the molecule is OC1(Cc2cccc(Br)c2)CCCOCC1. The number of benzene rings is 1. The van der Waals surface area contributed by atoms with E-state index in [1.54, 1.807) is 0 Å². The lowest BCUT2D eigenvalue weighted by molar-refractivity contribution is 0.0188. The Morgan fingerprint density at radius 2 is 2.19 bits per heavy atom. The molecule has 1 heterocycles. The van der Waals surface area contributed by atoms with E-state index in [1.165, 1.54) is 5.56 Å². The normalized spacial score (nSPS) is 26.4. The molecule has 0 aromatic heterocycles. The van der Waals surface area contributed by atoms with Gasteiger partial charge in [-0.05, 0) is 37.0 Å². The fourth-order valence-electron chi connectivity index (χ4n) is 2.20. The molecule has 0 amide bonds. The van der Waals surface area contributed by atoms with Crippen LogP contribution in [0, 0.1) is 0 Å². The first-order chi connectivity index (χ1) is 7.68. The quantitative estimate of drug-likeness (QED) is 0.905. The van der Waals surface area contributed by atoms with Crippen LogP contribution in [0.1, 0.15) is 24.8 Å². The Balaban J connectivity index is 2.06. The lowest BCUT2D eigenvalue weighted by Gasteiger charge is -2.26. The van der Waals surface area contributed by atoms with E-state index in [1.807, 2.05) is 12.1 Å². The standard InChI is InChI=1S/C13H17BrO2/c14-12-4-1-3-11(9-12)10-13(15)5-2-7-16-8-6-13/h1,3-4,9,15H,2,5-8,10H2. The van der Waals surface area contributed by atoms with Crippen LogP contribution in [0.5, 0.6) is 0 Å². The molecule has 1 aliphatic rings. The Labute approximate surface area is 105 Å². The molecule has 2 rings (SSSR count). The van der Waals surface area contributed by atoms with Crippen LogP contribution in [0.2, 0.25) is 0 Å². The first-order valence-electron chi connectivity index (χ1n) is 5.73. The Hall–Kier alpha value is -0.380. The Bertz CT molecular complexity index is 344. The van der Waals surface area contributed by atoms with Gasteiger partial charge in [0, 0.05) is 24.1 Å². The molecular formula is C13H17BrO2. The van der Waals surface area contributed by atoms with Crippen LogP contribution in [-0.2, 0) is 11.2 Å². The van der Waals surface area contributed by atoms with E-state index in [-0.39, 0.29) is 0 Å². The van der Waals surface area contributed by atoms with Gasteiger partial charge in [0.15, 0.2) is 0 Å². The summed E-state index contributed by atoms with van der Waals surface area (Å²) >= 11 is 3.45. The monoisotopic (exact) mass is 284 g/mol. The Morgan fingerprint density at radius 3 is 3.00 bits per heavy atom. The molecule has 1 N–H and O–H groups in total. The van der Waals surface area contributed by atoms with Crippen molar-refractivity contribution in [3.8, 4) is 0 Å². The second kappa shape index (κ2) is 5.30. The highest BCUT2D eigenvalue weighted by Gasteiger charge is 2.28. The van der Waals surface area contributed by atoms with Crippen molar-refractivity contribution in [3.63, 3.8) is 0 Å². The van der Waals surface area contributed by atoms with Crippen molar-refractivity contribution in [3.05, 3.63) is 34.3 Å². The Morgan fingerprint density at radius 1 is 1.31 bits per heavy atom. The average molecular weight is 285 g/mol. The lowest BCUT2D eigenvalue weighted by atomic mass is 9.88. The summed E-state index contributed by atoms with van der Waals surface area (Å²) in [5.74, 6) is 0. The van der Waals surface area contributed by atoms with Crippen LogP contribution in [0.4, 0.5) is 0 Å². The molecule has 0 radical (unpaired) electrons. The van der Waals surface area contributed by atoms with Crippen LogP contribution in [-0.4, -0.2) is 23.9 Å². The maximum atomic E-state index is 10.5. The minimum atomic E-state index is -0.586. The van der Waals surface area contributed by atoms with Crippen molar-refractivity contribution >= 4 is 15.9 Å². The van der Waals surface area contributed by atoms with E-state index < -0.39 is 5.60 Å². The van der Waals surface area contributed by atoms with E-state index in [9.17, 15) is 5.11 Å². The lowest BCUT2D eigenvalue weighted by Crippen LogP contribution is -2.31. The van der Waals surface area contributed by atoms with Crippen molar-refractivity contribution in [2.24, 2.45) is 0 Å². The minimum absolute atomic E-state index is 0.586. The minimum Gasteiger partial charge on any atom is -0.389 e. The molecule has 1 aromatic rings. The third-order valence-corrected chi connectivity index (χ3v) is 3.56. The predicted octanol–water partition coefficient (Wildman–Crippen LogP) is 2.92. The molecule has 2 nitrogen and oxygen atoms in total. The van der Waals surface area contributed by atoms with Crippen LogP contribution < -0.4 is 0 Å². The summed E-state index contributed by atoms with van der Waals surface area (Å²) in [6.45, 7) is 1.45. The topological polar surface area (TPSA) is 29.5 Å². The van der Waals surface area contributed by atoms with Gasteiger partial charge >= 0.3 is 0 Å². The molecule has 1 aromatic carbocycles. The number of hydrogen-bond acceptors (Lipinski definition) is 2. The highest BCUT2D eigenvalue weighted by molar-refractivity contribution is 9.10. The summed E-state index contributed by atoms with van der Waals surface area (Å²) in [5.41, 5.74) is 0.593. The van der Waals surface area contributed by atoms with E-state index >= 15 is 0 Å². The molecule has 0 saturated carbocycles. The van der Waals surface area contributed by atoms with E-state index in [4.69, 9.17) is 4.74 Å². The second-order valence-corrected chi connectivity index (χ2v) is 5.41. The van der Waals surface area contributed by atoms with E-state index in [0.29, 0.717) is 6.61 Å². The summed E-state index contributed by atoms with van der Waals surface area (Å²) in [6, 6.07) is 8.15. The van der Waals surface area contributed by atoms with Crippen LogP contribution >= 0.6 is 15.9 Å². The van der Waals surface area contributed by atoms with Crippen molar-refractivity contribution in [2.45, 2.75) is 31.3 Å². The maximum absolute atomic E-state index is 10.5. The maximum Gasteiger partial charge on any atom is 0.0710 e. The van der Waals surface area contributed by atoms with Gasteiger partial charge in [0.1, 0.15) is 0 Å². The van der Waals surface area contributed by atoms with Crippen molar-refractivity contribution in [1.29, 1.82) is 0 Å². The van der Waals surface area contributed by atoms with Gasteiger partial charge in [-0.15, -0.1) is 0 Å². The van der Waals surface area contributed by atoms with E-state index in [2.05, 4.69) is 28.1 Å². The van der Waals surface area contributed by atoms with Gasteiger partial charge in [-0.3, -0.25) is 0 Å². The number of aliphatic hydroxyl groups is 1. The molecule has 88 valence electrons. The molecular weight excluding hydrogens is 268 g/mol. The molecule has 1 atom stereocenters. The summed E-state index contributed by atoms with van der Waals surface area (Å²) < 4.78 is 6.45. The highest BCUT2D eigenvalue weighted by atomic mass is 79.9. The number of hydrogen-bond donors (Lipinski definition) is 1. The first kappa shape index (κ1) is 12.1. The molecule has 1 aliphatic heterocycles. The second-order valence-electron chi connectivity index (χ2n) is 4.50. The van der Waals surface area contributed by atoms with Crippen molar-refractivity contribution < 1.29 is 9.84 Å². The van der Waals surface area contributed by atoms with Crippen molar-refractivity contribution in [2.75, 3.05) is 13.2 Å². The van der Waals surface area contributed by atoms with Gasteiger partial charge in [-0.1, -0.05) is 28.1 Å². The van der Waals surface area contributed by atoms with Gasteiger partial charge in [-0.2, -0.15) is 0 Å². The summed E-state index contributed by atoms with van der Waals surface area (Å²) in [5, 5.41) is 10.5. The van der Waals surface area contributed by atoms with Gasteiger partial charge in [-0.25, -0.2) is 0 Å². The van der Waals surface area contributed by atoms with Crippen LogP contribution in [0.15, 0.2) is 28.7 Å². The third-order valence-electron chi connectivity index (χ3n) is 3.06. The smallest absolute Gasteiger partial charge is 0.0710 e. The molecule has 1 unspecified atom stereocenters. The molecule has 16 heavy (non-hydrogen) atoms. The zero-order valence-electron chi connectivity index (χ0n) is 9.29. The fourth-order valence-corrected chi connectivity index (χ4v) is 2.64. The fraction of sp³-hybridized carbons (Fsp3) is 0.538. The number of halogens is 1. The van der Waals surface area contributed by atoms with E-state index in [0.717, 1.165) is 36.8 Å². The van der Waals surface area contributed by atoms with Gasteiger partial charge in [0.05, 0.1) is 5.60 Å². The van der Waals surface area contributed by atoms with Crippen LogP contribution in [0.3, 0.4) is 0 Å². The molecule has 0 spiro atoms. The van der Waals surface area contributed by atoms with Gasteiger partial charge in [0.2, 0.25) is 0 Å². The zero-order valence-corrected chi connectivity index (χ0v) is 10.9. The predicted molar refractivity (Wildman–Crippen MR) is 67.5 cm³/mol. The molecule has 1 saturated heterocycles. The van der Waals surface area contributed by atoms with Crippen LogP contribution in [0.25, 0.3) is 0 Å². The average Bonchev–Trinajstić information content (AvgIpc) is 2.43. The first-order valence-corrected chi connectivity index (χ1v) is 6.52. The summed E-state index contributed by atoms with van der Waals surface area (Å²) in [4.78, 5) is 0. The molecule has 0 aliphatic carbocycles. The van der Waals surface area contributed by atoms with Crippen molar-refractivity contribution in [1.82, 2.24) is 0 Å². The molecule has 1 fully saturated rings. The van der Waals surface area contributed by atoms with Gasteiger partial charge in [0.25, 0.3) is 0 Å². The number of ether oxygens (including phenoxy) is 1. The van der Waals surface area contributed by atoms with Gasteiger partial charge < -0.3 is 9.84 Å². The summed E-state index contributed by atoms with van der Waals surface area (Å²) in [6.07, 6.45) is 3.24. The zero-order chi connectivity index (χ0) is 11.4. The number of rotatable bonds is 2. The Kier molecular flexibility index (Phi) is 4.00. The largest absolute Gasteiger partial charge is 0.389 e. The highest BCUT2D eigenvalue weighted by Crippen LogP contribution is 2.26. The summed E-state index contributed by atoms with van der Waals surface area (Å²) in [7, 11) is 0. The molecule has 3 heteroatoms.